The maximum atomic E-state index is 11.3. The molecule has 1 saturated heterocycles. The number of hydrogen-bond acceptors (Lipinski definition) is 5. The average Bonchev–Trinajstić information content (AvgIpc) is 2.52. The molecule has 0 amide bonds. The molecular weight excluding hydrogens is 328 g/mol. The third kappa shape index (κ3) is 10.3. The lowest BCUT2D eigenvalue weighted by atomic mass is 10.0. The van der Waals surface area contributed by atoms with Crippen LogP contribution in [-0.4, -0.2) is 39.8 Å². The van der Waals surface area contributed by atoms with E-state index in [4.69, 9.17) is 13.7 Å². The second-order valence-corrected chi connectivity index (χ2v) is 7.91. The third-order valence-electron chi connectivity index (χ3n) is 3.96. The lowest BCUT2D eigenvalue weighted by Gasteiger charge is -2.28. The second kappa shape index (κ2) is 11.9. The van der Waals surface area contributed by atoms with Crippen molar-refractivity contribution in [2.45, 2.75) is 90.1 Å². The fourth-order valence-corrected chi connectivity index (χ4v) is 3.36. The van der Waals surface area contributed by atoms with Crippen LogP contribution in [0.3, 0.4) is 0 Å². The quantitative estimate of drug-likeness (QED) is 0.320. The molecule has 1 aliphatic heterocycles. The average molecular weight is 361 g/mol. The van der Waals surface area contributed by atoms with Crippen molar-refractivity contribution in [3.05, 3.63) is 0 Å². The zero-order valence-electron chi connectivity index (χ0n) is 15.3. The van der Waals surface area contributed by atoms with Crippen molar-refractivity contribution in [2.24, 2.45) is 0 Å². The highest BCUT2D eigenvalue weighted by molar-refractivity contribution is 7.86. The van der Waals surface area contributed by atoms with Gasteiger partial charge in [-0.05, 0) is 45.4 Å². The highest BCUT2D eigenvalue weighted by atomic mass is 32.2. The van der Waals surface area contributed by atoms with Gasteiger partial charge in [0.2, 0.25) is 0 Å². The Bertz CT molecular complexity index is 485. The van der Waals surface area contributed by atoms with Crippen LogP contribution in [0.5, 0.6) is 0 Å². The van der Waals surface area contributed by atoms with Crippen LogP contribution in [0.1, 0.15) is 71.6 Å². The van der Waals surface area contributed by atoms with Gasteiger partial charge in [0.25, 0.3) is 10.1 Å². The Morgan fingerprint density at radius 2 is 2.00 bits per heavy atom. The van der Waals surface area contributed by atoms with Crippen LogP contribution < -0.4 is 0 Å². The van der Waals surface area contributed by atoms with Crippen molar-refractivity contribution < 1.29 is 22.1 Å². The molecule has 1 fully saturated rings. The molecule has 140 valence electrons. The molecule has 0 aromatic heterocycles. The van der Waals surface area contributed by atoms with Crippen molar-refractivity contribution >= 4 is 10.1 Å². The Hall–Kier alpha value is -0.610. The van der Waals surface area contributed by atoms with Gasteiger partial charge in [-0.1, -0.05) is 32.1 Å². The molecule has 0 spiro atoms. The summed E-state index contributed by atoms with van der Waals surface area (Å²) in [4.78, 5) is 0. The molecule has 1 rings (SSSR count). The van der Waals surface area contributed by atoms with Gasteiger partial charge in [-0.2, -0.15) is 8.42 Å². The van der Waals surface area contributed by atoms with Gasteiger partial charge in [0.1, 0.15) is 6.10 Å². The molecule has 1 aliphatic rings. The van der Waals surface area contributed by atoms with Crippen LogP contribution in [0.15, 0.2) is 0 Å². The highest BCUT2D eigenvalue weighted by Crippen LogP contribution is 2.21. The molecule has 0 bridgehead atoms. The largest absolute Gasteiger partial charge is 0.353 e. The summed E-state index contributed by atoms with van der Waals surface area (Å²) in [6.07, 6.45) is 9.20. The van der Waals surface area contributed by atoms with E-state index in [1.807, 2.05) is 0 Å². The topological polar surface area (TPSA) is 61.8 Å². The summed E-state index contributed by atoms with van der Waals surface area (Å²) >= 11 is 0. The van der Waals surface area contributed by atoms with Crippen molar-refractivity contribution in [3.8, 4) is 11.8 Å². The van der Waals surface area contributed by atoms with Gasteiger partial charge in [0, 0.05) is 6.61 Å². The molecule has 0 aliphatic carbocycles. The molecule has 3 atom stereocenters. The van der Waals surface area contributed by atoms with E-state index in [1.54, 1.807) is 6.92 Å². The maximum Gasteiger partial charge on any atom is 0.265 e. The highest BCUT2D eigenvalue weighted by Gasteiger charge is 2.22. The number of ether oxygens (including phenoxy) is 2. The lowest BCUT2D eigenvalue weighted by molar-refractivity contribution is -0.191. The predicted octanol–water partition coefficient (Wildman–Crippen LogP) is 3.63. The summed E-state index contributed by atoms with van der Waals surface area (Å²) in [7, 11) is -3.51. The van der Waals surface area contributed by atoms with E-state index < -0.39 is 16.2 Å². The molecule has 0 aromatic rings. The summed E-state index contributed by atoms with van der Waals surface area (Å²) in [6, 6.07) is 0. The molecule has 1 heterocycles. The first-order valence-electron chi connectivity index (χ1n) is 9.02. The van der Waals surface area contributed by atoms with E-state index in [2.05, 4.69) is 18.8 Å². The minimum absolute atomic E-state index is 0.0592. The number of rotatable bonds is 11. The van der Waals surface area contributed by atoms with E-state index in [-0.39, 0.29) is 12.4 Å². The molecule has 0 saturated carbocycles. The summed E-state index contributed by atoms with van der Waals surface area (Å²) in [5.74, 6) is 5.57. The summed E-state index contributed by atoms with van der Waals surface area (Å²) in [5.41, 5.74) is 0. The van der Waals surface area contributed by atoms with Crippen molar-refractivity contribution in [1.82, 2.24) is 0 Å². The lowest BCUT2D eigenvalue weighted by Crippen LogP contribution is -2.29. The fourth-order valence-electron chi connectivity index (χ4n) is 2.79. The molecule has 5 nitrogen and oxygen atoms in total. The van der Waals surface area contributed by atoms with Crippen molar-refractivity contribution in [1.29, 1.82) is 0 Å². The maximum absolute atomic E-state index is 11.3. The van der Waals surface area contributed by atoms with Crippen LogP contribution in [0.25, 0.3) is 0 Å². The Kier molecular flexibility index (Phi) is 10.6. The molecule has 0 radical (unpaired) electrons. The Labute approximate surface area is 147 Å². The molecule has 24 heavy (non-hydrogen) atoms. The number of hydrogen-bond donors (Lipinski definition) is 0. The first-order valence-corrected chi connectivity index (χ1v) is 10.8. The Morgan fingerprint density at radius 3 is 2.58 bits per heavy atom. The zero-order valence-corrected chi connectivity index (χ0v) is 16.1. The first kappa shape index (κ1) is 21.4. The normalized spacial score (nSPS) is 20.9. The third-order valence-corrected chi connectivity index (χ3v) is 4.54. The van der Waals surface area contributed by atoms with E-state index >= 15 is 0 Å². The minimum atomic E-state index is -3.51. The molecule has 0 N–H and O–H groups in total. The van der Waals surface area contributed by atoms with Crippen LogP contribution in [0.2, 0.25) is 0 Å². The van der Waals surface area contributed by atoms with Crippen molar-refractivity contribution in [2.75, 3.05) is 12.9 Å². The second-order valence-electron chi connectivity index (χ2n) is 6.31. The molecule has 3 unspecified atom stereocenters. The van der Waals surface area contributed by atoms with E-state index in [0.717, 1.165) is 57.8 Å². The van der Waals surface area contributed by atoms with Gasteiger partial charge in [0.15, 0.2) is 6.29 Å². The van der Waals surface area contributed by atoms with Crippen LogP contribution >= 0.6 is 0 Å². The van der Waals surface area contributed by atoms with Gasteiger partial charge in [-0.3, -0.25) is 4.18 Å². The van der Waals surface area contributed by atoms with Crippen molar-refractivity contribution in [3.63, 3.8) is 0 Å². The van der Waals surface area contributed by atoms with E-state index in [0.29, 0.717) is 6.42 Å². The summed E-state index contributed by atoms with van der Waals surface area (Å²) in [6.45, 7) is 4.62. The Morgan fingerprint density at radius 1 is 1.21 bits per heavy atom. The SMILES string of the molecule is CC#CC(CCC(CCCCC)OC1CCCCO1)OS(C)(=O)=O. The van der Waals surface area contributed by atoms with E-state index in [9.17, 15) is 8.42 Å². The van der Waals surface area contributed by atoms with Gasteiger partial charge >= 0.3 is 0 Å². The monoisotopic (exact) mass is 360 g/mol. The molecule has 0 aromatic carbocycles. The first-order chi connectivity index (χ1) is 11.4. The van der Waals surface area contributed by atoms with Gasteiger partial charge < -0.3 is 9.47 Å². The number of unbranched alkanes of at least 4 members (excludes halogenated alkanes) is 2. The van der Waals surface area contributed by atoms with Gasteiger partial charge in [-0.15, -0.1) is 5.92 Å². The minimum Gasteiger partial charge on any atom is -0.353 e. The summed E-state index contributed by atoms with van der Waals surface area (Å²) < 4.78 is 39.5. The molecular formula is C18H32O5S. The summed E-state index contributed by atoms with van der Waals surface area (Å²) in [5, 5.41) is 0. The van der Waals surface area contributed by atoms with Crippen LogP contribution in [-0.2, 0) is 23.8 Å². The standard InChI is InChI=1S/C18H32O5S/c1-4-6-7-11-16(22-18-12-8-9-15-21-18)13-14-17(10-5-2)23-24(3,19)20/h16-18H,4,6-9,11-15H2,1-3H3. The smallest absolute Gasteiger partial charge is 0.265 e. The molecule has 6 heteroatoms. The van der Waals surface area contributed by atoms with Gasteiger partial charge in [0.05, 0.1) is 12.4 Å². The van der Waals surface area contributed by atoms with E-state index in [1.165, 1.54) is 6.42 Å². The zero-order chi connectivity index (χ0) is 17.8. The van der Waals surface area contributed by atoms with Crippen LogP contribution in [0, 0.1) is 11.8 Å². The predicted molar refractivity (Wildman–Crippen MR) is 95.0 cm³/mol. The van der Waals surface area contributed by atoms with Crippen LogP contribution in [0.4, 0.5) is 0 Å². The Balaban J connectivity index is 2.54. The fraction of sp³-hybridized carbons (Fsp3) is 0.889. The van der Waals surface area contributed by atoms with Gasteiger partial charge in [-0.25, -0.2) is 0 Å².